The van der Waals surface area contributed by atoms with Gasteiger partial charge in [0.15, 0.2) is 9.58 Å². The number of carbonyl (C=O) groups is 1. The fourth-order valence-electron chi connectivity index (χ4n) is 3.94. The Morgan fingerprint density at radius 2 is 1.76 bits per heavy atom. The Balaban J connectivity index is 2.34. The van der Waals surface area contributed by atoms with Crippen LogP contribution in [0.2, 0.25) is 5.02 Å². The van der Waals surface area contributed by atoms with Gasteiger partial charge in [-0.1, -0.05) is 60.3 Å². The highest BCUT2D eigenvalue weighted by molar-refractivity contribution is 6.67. The molecule has 1 aromatic carbocycles. The highest BCUT2D eigenvalue weighted by Gasteiger charge is 2.39. The summed E-state index contributed by atoms with van der Waals surface area (Å²) in [4.78, 5) is 13.0. The smallest absolute Gasteiger partial charge is 0.316 e. The lowest BCUT2D eigenvalue weighted by Gasteiger charge is -2.30. The first kappa shape index (κ1) is 22.8. The molecule has 2 aromatic rings. The number of benzene rings is 1. The van der Waals surface area contributed by atoms with Gasteiger partial charge in [0.25, 0.3) is 0 Å². The summed E-state index contributed by atoms with van der Waals surface area (Å²) in [6.07, 6.45) is -3.80. The molecule has 3 rings (SSSR count). The van der Waals surface area contributed by atoms with E-state index in [1.807, 2.05) is 13.8 Å². The number of halogens is 7. The molecular weight excluding hydrogens is 469 g/mol. The van der Waals surface area contributed by atoms with Crippen molar-refractivity contribution in [3.63, 3.8) is 0 Å². The fraction of sp³-hybridized carbons (Fsp3) is 0.450. The van der Waals surface area contributed by atoms with Crippen molar-refractivity contribution in [1.29, 1.82) is 0 Å². The SMILES string of the molecule is Cc1c(CC(Cl)(Cl)Cl)c2c(n1-c1cc(C(F)(F)F)ccc1Cl)CC(C)(C)CC2=O. The predicted octanol–water partition coefficient (Wildman–Crippen LogP) is 7.53. The lowest BCUT2D eigenvalue weighted by atomic mass is 9.75. The van der Waals surface area contributed by atoms with Gasteiger partial charge >= 0.3 is 6.18 Å². The number of hydrogen-bond donors (Lipinski definition) is 0. The number of fused-ring (bicyclic) bond motifs is 1. The molecular formula is C20H18Cl4F3NO. The summed E-state index contributed by atoms with van der Waals surface area (Å²) in [5, 5.41) is 0.134. The molecule has 0 saturated heterocycles. The summed E-state index contributed by atoms with van der Waals surface area (Å²) in [7, 11) is 0. The highest BCUT2D eigenvalue weighted by atomic mass is 35.6. The van der Waals surface area contributed by atoms with E-state index in [1.165, 1.54) is 6.07 Å². The number of nitrogens with zero attached hydrogens (tertiary/aromatic N) is 1. The zero-order valence-electron chi connectivity index (χ0n) is 15.9. The molecule has 0 N–H and O–H groups in total. The predicted molar refractivity (Wildman–Crippen MR) is 111 cm³/mol. The fourth-order valence-corrected chi connectivity index (χ4v) is 4.55. The Morgan fingerprint density at radius 1 is 1.14 bits per heavy atom. The van der Waals surface area contributed by atoms with Crippen LogP contribution in [0.5, 0.6) is 0 Å². The number of carbonyl (C=O) groups excluding carboxylic acids is 1. The minimum absolute atomic E-state index is 0.0401. The average molecular weight is 487 g/mol. The maximum Gasteiger partial charge on any atom is 0.416 e. The van der Waals surface area contributed by atoms with Crippen LogP contribution >= 0.6 is 46.4 Å². The largest absolute Gasteiger partial charge is 0.416 e. The number of ketones is 1. The summed E-state index contributed by atoms with van der Waals surface area (Å²) in [6, 6.07) is 3.12. The number of hydrogen-bond acceptors (Lipinski definition) is 1. The molecule has 0 bridgehead atoms. The van der Waals surface area contributed by atoms with Crippen LogP contribution in [0.15, 0.2) is 18.2 Å². The van der Waals surface area contributed by atoms with Crippen LogP contribution in [0, 0.1) is 12.3 Å². The van der Waals surface area contributed by atoms with Crippen LogP contribution in [-0.4, -0.2) is 14.1 Å². The van der Waals surface area contributed by atoms with Gasteiger partial charge in [0, 0.05) is 29.8 Å². The molecule has 1 aromatic heterocycles. The Bertz CT molecular complexity index is 987. The molecule has 0 saturated carbocycles. The second-order valence-corrected chi connectivity index (χ2v) is 11.0. The van der Waals surface area contributed by atoms with Crippen molar-refractivity contribution in [2.24, 2.45) is 5.41 Å². The molecule has 158 valence electrons. The van der Waals surface area contributed by atoms with Gasteiger partial charge in [0.2, 0.25) is 0 Å². The lowest BCUT2D eigenvalue weighted by Crippen LogP contribution is -2.28. The van der Waals surface area contributed by atoms with Crippen LogP contribution in [0.4, 0.5) is 13.2 Å². The van der Waals surface area contributed by atoms with Crippen molar-refractivity contribution in [1.82, 2.24) is 4.57 Å². The van der Waals surface area contributed by atoms with E-state index in [2.05, 4.69) is 0 Å². The molecule has 9 heteroatoms. The van der Waals surface area contributed by atoms with Crippen LogP contribution in [0.3, 0.4) is 0 Å². The Labute approximate surface area is 186 Å². The standard InChI is InChI=1S/C20H18Cl4F3NO/c1-10-12(7-19(22,23)24)17-15(8-18(2,3)9-16(17)29)28(10)14-6-11(20(25,26)27)4-5-13(14)21/h4-6H,7-9H2,1-3H3. The van der Waals surface area contributed by atoms with Gasteiger partial charge in [-0.15, -0.1) is 0 Å². The first-order chi connectivity index (χ1) is 13.1. The molecule has 0 amide bonds. The van der Waals surface area contributed by atoms with E-state index >= 15 is 0 Å². The maximum atomic E-state index is 13.3. The molecule has 29 heavy (non-hydrogen) atoms. The Hall–Kier alpha value is -0.880. The van der Waals surface area contributed by atoms with Gasteiger partial charge < -0.3 is 4.57 Å². The van der Waals surface area contributed by atoms with E-state index in [9.17, 15) is 18.0 Å². The van der Waals surface area contributed by atoms with E-state index in [4.69, 9.17) is 46.4 Å². The van der Waals surface area contributed by atoms with Gasteiger partial charge in [-0.05, 0) is 42.5 Å². The van der Waals surface area contributed by atoms with E-state index in [-0.39, 0.29) is 28.3 Å². The average Bonchev–Trinajstić information content (AvgIpc) is 2.76. The molecule has 1 aliphatic rings. The Morgan fingerprint density at radius 3 is 2.31 bits per heavy atom. The summed E-state index contributed by atoms with van der Waals surface area (Å²) >= 11 is 24.3. The third-order valence-electron chi connectivity index (χ3n) is 5.09. The molecule has 0 unspecified atom stereocenters. The van der Waals surface area contributed by atoms with Crippen LogP contribution in [0.25, 0.3) is 5.69 Å². The van der Waals surface area contributed by atoms with Gasteiger partial charge in [0.05, 0.1) is 16.3 Å². The van der Waals surface area contributed by atoms with Crippen LogP contribution in [0.1, 0.15) is 53.1 Å². The molecule has 1 aliphatic carbocycles. The third-order valence-corrected chi connectivity index (χ3v) is 5.81. The van der Waals surface area contributed by atoms with Crippen molar-refractivity contribution >= 4 is 52.2 Å². The molecule has 0 spiro atoms. The zero-order chi connectivity index (χ0) is 21.9. The molecule has 0 radical (unpaired) electrons. The monoisotopic (exact) mass is 485 g/mol. The summed E-state index contributed by atoms with van der Waals surface area (Å²) in [5.41, 5.74) is 1.02. The van der Waals surface area contributed by atoms with Crippen molar-refractivity contribution in [2.45, 2.75) is 50.0 Å². The van der Waals surface area contributed by atoms with Crippen molar-refractivity contribution < 1.29 is 18.0 Å². The maximum absolute atomic E-state index is 13.3. The summed E-state index contributed by atoms with van der Waals surface area (Å²) < 4.78 is 39.9. The van der Waals surface area contributed by atoms with E-state index in [0.717, 1.165) is 12.1 Å². The number of alkyl halides is 6. The van der Waals surface area contributed by atoms with Crippen molar-refractivity contribution in [3.8, 4) is 5.69 Å². The van der Waals surface area contributed by atoms with Gasteiger partial charge in [0.1, 0.15) is 0 Å². The van der Waals surface area contributed by atoms with E-state index in [1.54, 1.807) is 11.5 Å². The second-order valence-electron chi connectivity index (χ2n) is 8.12. The molecule has 0 atom stereocenters. The summed E-state index contributed by atoms with van der Waals surface area (Å²) in [6.45, 7) is 5.56. The van der Waals surface area contributed by atoms with Crippen LogP contribution in [-0.2, 0) is 19.0 Å². The molecule has 1 heterocycles. The topological polar surface area (TPSA) is 22.0 Å². The highest BCUT2D eigenvalue weighted by Crippen LogP contribution is 2.44. The number of aromatic nitrogens is 1. The van der Waals surface area contributed by atoms with Gasteiger partial charge in [-0.2, -0.15) is 13.2 Å². The second kappa shape index (κ2) is 7.37. The van der Waals surface area contributed by atoms with E-state index < -0.39 is 15.5 Å². The third kappa shape index (κ3) is 4.58. The molecule has 0 aliphatic heterocycles. The molecule has 0 fully saturated rings. The first-order valence-corrected chi connectivity index (χ1v) is 10.3. The Kier molecular flexibility index (Phi) is 5.79. The number of rotatable bonds is 2. The van der Waals surface area contributed by atoms with Gasteiger partial charge in [-0.25, -0.2) is 0 Å². The number of Topliss-reactive ketones (excluding diaryl/α,β-unsaturated/α-hetero) is 1. The van der Waals surface area contributed by atoms with Gasteiger partial charge in [-0.3, -0.25) is 4.79 Å². The minimum Gasteiger partial charge on any atom is -0.316 e. The normalized spacial score (nSPS) is 16.8. The minimum atomic E-state index is -4.53. The van der Waals surface area contributed by atoms with Crippen molar-refractivity contribution in [3.05, 3.63) is 51.3 Å². The quantitative estimate of drug-likeness (QED) is 0.402. The van der Waals surface area contributed by atoms with Crippen molar-refractivity contribution in [2.75, 3.05) is 0 Å². The van der Waals surface area contributed by atoms with Crippen LogP contribution < -0.4 is 0 Å². The lowest BCUT2D eigenvalue weighted by molar-refractivity contribution is -0.137. The van der Waals surface area contributed by atoms with E-state index in [0.29, 0.717) is 35.4 Å². The summed E-state index contributed by atoms with van der Waals surface area (Å²) in [5.74, 6) is -0.120. The zero-order valence-corrected chi connectivity index (χ0v) is 18.9. The molecule has 2 nitrogen and oxygen atoms in total. The first-order valence-electron chi connectivity index (χ1n) is 8.81.